The third-order valence-electron chi connectivity index (χ3n) is 4.27. The summed E-state index contributed by atoms with van der Waals surface area (Å²) in [5, 5.41) is 3.54. The second-order valence-electron chi connectivity index (χ2n) is 5.72. The first kappa shape index (κ1) is 13.8. The molecule has 2 aliphatic heterocycles. The first-order valence-corrected chi connectivity index (χ1v) is 7.52. The highest BCUT2D eigenvalue weighted by molar-refractivity contribution is 5.37. The van der Waals surface area contributed by atoms with Crippen LogP contribution in [0.5, 0.6) is 5.75 Å². The molecule has 4 heteroatoms. The number of halogens is 1. The van der Waals surface area contributed by atoms with Crippen molar-refractivity contribution in [2.75, 3.05) is 19.8 Å². The summed E-state index contributed by atoms with van der Waals surface area (Å²) in [5.74, 6) is 1.14. The van der Waals surface area contributed by atoms with Crippen molar-refractivity contribution in [1.29, 1.82) is 0 Å². The van der Waals surface area contributed by atoms with Crippen LogP contribution in [0.1, 0.15) is 25.3 Å². The quantitative estimate of drug-likeness (QED) is 0.918. The highest BCUT2D eigenvalue weighted by Gasteiger charge is 2.31. The van der Waals surface area contributed by atoms with Crippen molar-refractivity contribution in [2.24, 2.45) is 5.92 Å². The van der Waals surface area contributed by atoms with Gasteiger partial charge >= 0.3 is 0 Å². The molecule has 1 N–H and O–H groups in total. The Hall–Kier alpha value is -1.13. The molecule has 0 aromatic heterocycles. The molecule has 3 atom stereocenters. The second-order valence-corrected chi connectivity index (χ2v) is 5.72. The zero-order chi connectivity index (χ0) is 13.9. The van der Waals surface area contributed by atoms with Crippen LogP contribution in [0.3, 0.4) is 0 Å². The standard InChI is InChI=1S/C16H22FNO2/c1-2-18-15-5-6-19-10-12(15)9-14-8-11-7-13(17)3-4-16(11)20-14/h3-4,7,12,14-15,18H,2,5-6,8-10H2,1H3. The zero-order valence-electron chi connectivity index (χ0n) is 11.9. The Labute approximate surface area is 119 Å². The van der Waals surface area contributed by atoms with Gasteiger partial charge in [0.2, 0.25) is 0 Å². The lowest BCUT2D eigenvalue weighted by molar-refractivity contribution is 0.0155. The number of hydrogen-bond acceptors (Lipinski definition) is 3. The van der Waals surface area contributed by atoms with Gasteiger partial charge in [0.25, 0.3) is 0 Å². The normalized spacial score (nSPS) is 29.0. The minimum atomic E-state index is -0.181. The minimum Gasteiger partial charge on any atom is -0.490 e. The summed E-state index contributed by atoms with van der Waals surface area (Å²) in [6.45, 7) is 4.75. The average molecular weight is 279 g/mol. The fourth-order valence-corrected chi connectivity index (χ4v) is 3.32. The molecule has 1 aromatic carbocycles. The van der Waals surface area contributed by atoms with Crippen LogP contribution in [0.2, 0.25) is 0 Å². The molecular formula is C16H22FNO2. The molecule has 3 rings (SSSR count). The number of hydrogen-bond donors (Lipinski definition) is 1. The number of fused-ring (bicyclic) bond motifs is 1. The van der Waals surface area contributed by atoms with Gasteiger partial charge < -0.3 is 14.8 Å². The van der Waals surface area contributed by atoms with E-state index in [4.69, 9.17) is 9.47 Å². The second kappa shape index (κ2) is 6.10. The highest BCUT2D eigenvalue weighted by Crippen LogP contribution is 2.33. The number of ether oxygens (including phenoxy) is 2. The number of rotatable bonds is 4. The molecule has 0 bridgehead atoms. The molecule has 0 aliphatic carbocycles. The van der Waals surface area contributed by atoms with E-state index in [1.54, 1.807) is 12.1 Å². The third-order valence-corrected chi connectivity index (χ3v) is 4.27. The first-order valence-electron chi connectivity index (χ1n) is 7.52. The van der Waals surface area contributed by atoms with Gasteiger partial charge in [0, 0.05) is 30.6 Å². The first-order chi connectivity index (χ1) is 9.76. The molecule has 1 fully saturated rings. The summed E-state index contributed by atoms with van der Waals surface area (Å²) in [5.41, 5.74) is 0.992. The van der Waals surface area contributed by atoms with Gasteiger partial charge in [-0.05, 0) is 37.6 Å². The fraction of sp³-hybridized carbons (Fsp3) is 0.625. The third kappa shape index (κ3) is 2.96. The molecule has 110 valence electrons. The van der Waals surface area contributed by atoms with Gasteiger partial charge in [-0.25, -0.2) is 4.39 Å². The SMILES string of the molecule is CCNC1CCOCC1CC1Cc2cc(F)ccc2O1. The average Bonchev–Trinajstić information content (AvgIpc) is 2.82. The van der Waals surface area contributed by atoms with Crippen molar-refractivity contribution in [3.05, 3.63) is 29.6 Å². The van der Waals surface area contributed by atoms with E-state index >= 15 is 0 Å². The maximum Gasteiger partial charge on any atom is 0.123 e. The van der Waals surface area contributed by atoms with Gasteiger partial charge in [-0.3, -0.25) is 0 Å². The van der Waals surface area contributed by atoms with Crippen molar-refractivity contribution in [3.8, 4) is 5.75 Å². The molecule has 3 nitrogen and oxygen atoms in total. The molecule has 0 amide bonds. The fourth-order valence-electron chi connectivity index (χ4n) is 3.32. The summed E-state index contributed by atoms with van der Waals surface area (Å²) in [6.07, 6.45) is 2.99. The largest absolute Gasteiger partial charge is 0.490 e. The topological polar surface area (TPSA) is 30.5 Å². The summed E-state index contributed by atoms with van der Waals surface area (Å²) in [6, 6.07) is 5.31. The Balaban J connectivity index is 1.61. The summed E-state index contributed by atoms with van der Waals surface area (Å²) in [4.78, 5) is 0. The van der Waals surface area contributed by atoms with E-state index in [1.807, 2.05) is 0 Å². The van der Waals surface area contributed by atoms with E-state index < -0.39 is 0 Å². The predicted octanol–water partition coefficient (Wildman–Crippen LogP) is 2.53. The van der Waals surface area contributed by atoms with Gasteiger partial charge in [-0.15, -0.1) is 0 Å². The van der Waals surface area contributed by atoms with E-state index in [0.717, 1.165) is 50.3 Å². The van der Waals surface area contributed by atoms with Crippen molar-refractivity contribution < 1.29 is 13.9 Å². The predicted molar refractivity (Wildman–Crippen MR) is 75.5 cm³/mol. The Kier molecular flexibility index (Phi) is 4.22. The van der Waals surface area contributed by atoms with Crippen LogP contribution in [0, 0.1) is 11.7 Å². The lowest BCUT2D eigenvalue weighted by Gasteiger charge is -2.33. The lowest BCUT2D eigenvalue weighted by atomic mass is 9.89. The number of benzene rings is 1. The van der Waals surface area contributed by atoms with Crippen LogP contribution >= 0.6 is 0 Å². The van der Waals surface area contributed by atoms with Gasteiger partial charge in [0.05, 0.1) is 6.61 Å². The molecule has 1 aromatic rings. The molecular weight excluding hydrogens is 257 g/mol. The van der Waals surface area contributed by atoms with E-state index in [2.05, 4.69) is 12.2 Å². The molecule has 0 radical (unpaired) electrons. The van der Waals surface area contributed by atoms with Crippen LogP contribution in [0.4, 0.5) is 4.39 Å². The van der Waals surface area contributed by atoms with Gasteiger partial charge in [-0.2, -0.15) is 0 Å². The summed E-state index contributed by atoms with van der Waals surface area (Å²) >= 11 is 0. The molecule has 0 spiro atoms. The van der Waals surface area contributed by atoms with E-state index in [0.29, 0.717) is 12.0 Å². The van der Waals surface area contributed by atoms with Crippen molar-refractivity contribution >= 4 is 0 Å². The molecule has 20 heavy (non-hydrogen) atoms. The maximum absolute atomic E-state index is 13.2. The van der Waals surface area contributed by atoms with Crippen molar-refractivity contribution in [2.45, 2.75) is 38.3 Å². The van der Waals surface area contributed by atoms with E-state index in [1.165, 1.54) is 6.07 Å². The number of nitrogens with one attached hydrogen (secondary N) is 1. The van der Waals surface area contributed by atoms with Crippen LogP contribution in [-0.2, 0) is 11.2 Å². The lowest BCUT2D eigenvalue weighted by Crippen LogP contribution is -2.44. The van der Waals surface area contributed by atoms with Crippen molar-refractivity contribution in [1.82, 2.24) is 5.32 Å². The molecule has 2 aliphatic rings. The maximum atomic E-state index is 13.2. The Bertz CT molecular complexity index is 464. The molecule has 2 heterocycles. The minimum absolute atomic E-state index is 0.152. The molecule has 1 saturated heterocycles. The van der Waals surface area contributed by atoms with E-state index in [-0.39, 0.29) is 11.9 Å². The smallest absolute Gasteiger partial charge is 0.123 e. The highest BCUT2D eigenvalue weighted by atomic mass is 19.1. The zero-order valence-corrected chi connectivity index (χ0v) is 11.9. The summed E-state index contributed by atoms with van der Waals surface area (Å²) < 4.78 is 24.8. The summed E-state index contributed by atoms with van der Waals surface area (Å²) in [7, 11) is 0. The van der Waals surface area contributed by atoms with Crippen LogP contribution in [0.25, 0.3) is 0 Å². The van der Waals surface area contributed by atoms with Gasteiger partial charge in [0.1, 0.15) is 17.7 Å². The van der Waals surface area contributed by atoms with Crippen LogP contribution in [0.15, 0.2) is 18.2 Å². The van der Waals surface area contributed by atoms with Crippen LogP contribution < -0.4 is 10.1 Å². The molecule has 0 saturated carbocycles. The Morgan fingerprint density at radius 3 is 3.15 bits per heavy atom. The van der Waals surface area contributed by atoms with Crippen LogP contribution in [-0.4, -0.2) is 31.9 Å². The molecule has 3 unspecified atom stereocenters. The van der Waals surface area contributed by atoms with Gasteiger partial charge in [0.15, 0.2) is 0 Å². The Morgan fingerprint density at radius 1 is 1.40 bits per heavy atom. The van der Waals surface area contributed by atoms with Gasteiger partial charge in [-0.1, -0.05) is 6.92 Å². The monoisotopic (exact) mass is 279 g/mol. The Morgan fingerprint density at radius 2 is 2.30 bits per heavy atom. The van der Waals surface area contributed by atoms with Crippen molar-refractivity contribution in [3.63, 3.8) is 0 Å². The van der Waals surface area contributed by atoms with E-state index in [9.17, 15) is 4.39 Å².